The van der Waals surface area contributed by atoms with Crippen molar-refractivity contribution >= 4 is 23.4 Å². The molecule has 1 aliphatic heterocycles. The van der Waals surface area contributed by atoms with Gasteiger partial charge in [0, 0.05) is 11.3 Å². The van der Waals surface area contributed by atoms with Gasteiger partial charge in [0.1, 0.15) is 0 Å². The van der Waals surface area contributed by atoms with Gasteiger partial charge in [0.15, 0.2) is 4.80 Å². The van der Waals surface area contributed by atoms with Crippen LogP contribution >= 0.6 is 11.3 Å². The van der Waals surface area contributed by atoms with Crippen LogP contribution in [-0.4, -0.2) is 26.9 Å². The van der Waals surface area contributed by atoms with Crippen LogP contribution in [-0.2, 0) is 9.53 Å². The Morgan fingerprint density at radius 3 is 2.43 bits per heavy atom. The lowest BCUT2D eigenvalue weighted by Crippen LogP contribution is -2.39. The molecule has 0 saturated heterocycles. The van der Waals surface area contributed by atoms with E-state index in [1.54, 1.807) is 18.4 Å². The van der Waals surface area contributed by atoms with E-state index in [9.17, 15) is 9.59 Å². The summed E-state index contributed by atoms with van der Waals surface area (Å²) < 4.78 is 9.41. The highest BCUT2D eigenvalue weighted by molar-refractivity contribution is 7.07. The molecule has 188 valence electrons. The molecular weight excluding hydrogens is 484 g/mol. The largest absolute Gasteiger partial charge is 0.463 e. The quantitative estimate of drug-likeness (QED) is 0.380. The molecule has 0 N–H and O–H groups in total. The first kappa shape index (κ1) is 24.6. The van der Waals surface area contributed by atoms with Gasteiger partial charge in [-0.05, 0) is 58.4 Å². The summed E-state index contributed by atoms with van der Waals surface area (Å²) in [4.78, 5) is 32.1. The molecular formula is C29H28N4O3S. The van der Waals surface area contributed by atoms with Gasteiger partial charge in [-0.2, -0.15) is 5.10 Å². The number of hydrogen-bond acceptors (Lipinski definition) is 6. The first-order chi connectivity index (χ1) is 17.8. The van der Waals surface area contributed by atoms with E-state index >= 15 is 0 Å². The zero-order valence-electron chi connectivity index (χ0n) is 21.5. The van der Waals surface area contributed by atoms with Crippen molar-refractivity contribution in [3.63, 3.8) is 0 Å². The molecule has 1 aliphatic rings. The fourth-order valence-electron chi connectivity index (χ4n) is 4.67. The van der Waals surface area contributed by atoms with E-state index < -0.39 is 12.0 Å². The zero-order valence-corrected chi connectivity index (χ0v) is 22.3. The lowest BCUT2D eigenvalue weighted by molar-refractivity contribution is -0.139. The molecule has 3 heterocycles. The van der Waals surface area contributed by atoms with Crippen molar-refractivity contribution in [2.75, 3.05) is 6.61 Å². The Hall–Kier alpha value is -4.04. The van der Waals surface area contributed by atoms with Crippen molar-refractivity contribution in [3.8, 4) is 5.69 Å². The first-order valence-corrected chi connectivity index (χ1v) is 13.0. The summed E-state index contributed by atoms with van der Waals surface area (Å²) in [7, 11) is 0. The fraction of sp³-hybridized carbons (Fsp3) is 0.241. The average molecular weight is 513 g/mol. The van der Waals surface area contributed by atoms with Gasteiger partial charge in [-0.1, -0.05) is 59.4 Å². The van der Waals surface area contributed by atoms with Crippen molar-refractivity contribution in [2.24, 2.45) is 4.99 Å². The van der Waals surface area contributed by atoms with Crippen LogP contribution in [0.3, 0.4) is 0 Å². The molecule has 0 spiro atoms. The van der Waals surface area contributed by atoms with Gasteiger partial charge < -0.3 is 4.74 Å². The van der Waals surface area contributed by atoms with E-state index in [0.29, 0.717) is 20.6 Å². The summed E-state index contributed by atoms with van der Waals surface area (Å²) in [5.74, 6) is -0.459. The Kier molecular flexibility index (Phi) is 6.52. The van der Waals surface area contributed by atoms with Gasteiger partial charge in [-0.25, -0.2) is 14.5 Å². The normalized spacial score (nSPS) is 15.5. The minimum absolute atomic E-state index is 0.199. The van der Waals surface area contributed by atoms with Crippen molar-refractivity contribution < 1.29 is 9.53 Å². The molecule has 0 saturated carbocycles. The molecule has 0 fully saturated rings. The molecule has 4 aromatic rings. The predicted octanol–water partition coefficient (Wildman–Crippen LogP) is 3.91. The summed E-state index contributed by atoms with van der Waals surface area (Å²) in [6, 6.07) is 17.1. The van der Waals surface area contributed by atoms with Crippen LogP contribution in [0.1, 0.15) is 48.0 Å². The Morgan fingerprint density at radius 1 is 1.05 bits per heavy atom. The summed E-state index contributed by atoms with van der Waals surface area (Å²) in [5, 5.41) is 4.72. The van der Waals surface area contributed by atoms with Gasteiger partial charge in [0.25, 0.3) is 5.56 Å². The maximum absolute atomic E-state index is 13.9. The topological polar surface area (TPSA) is 78.5 Å². The van der Waals surface area contributed by atoms with E-state index in [4.69, 9.17) is 9.84 Å². The Morgan fingerprint density at radius 2 is 1.76 bits per heavy atom. The maximum Gasteiger partial charge on any atom is 0.338 e. The van der Waals surface area contributed by atoms with Crippen molar-refractivity contribution in [1.29, 1.82) is 0 Å². The fourth-order valence-corrected chi connectivity index (χ4v) is 5.70. The number of rotatable bonds is 5. The average Bonchev–Trinajstić information content (AvgIpc) is 3.34. The van der Waals surface area contributed by atoms with Crippen LogP contribution in [0.2, 0.25) is 0 Å². The molecule has 7 nitrogen and oxygen atoms in total. The number of thiazole rings is 1. The second-order valence-electron chi connectivity index (χ2n) is 9.04. The molecule has 0 bridgehead atoms. The van der Waals surface area contributed by atoms with Crippen LogP contribution in [0.15, 0.2) is 75.7 Å². The second kappa shape index (κ2) is 9.78. The maximum atomic E-state index is 13.9. The number of aromatic nitrogens is 3. The monoisotopic (exact) mass is 512 g/mol. The number of hydrogen-bond donors (Lipinski definition) is 0. The van der Waals surface area contributed by atoms with Gasteiger partial charge in [0.2, 0.25) is 0 Å². The number of nitrogens with zero attached hydrogens (tertiary/aromatic N) is 4. The number of benzene rings is 2. The van der Waals surface area contributed by atoms with Gasteiger partial charge in [-0.3, -0.25) is 9.36 Å². The van der Waals surface area contributed by atoms with Crippen LogP contribution in [0.5, 0.6) is 0 Å². The number of allylic oxidation sites excluding steroid dienone is 1. The van der Waals surface area contributed by atoms with E-state index in [1.165, 1.54) is 11.3 Å². The van der Waals surface area contributed by atoms with Crippen molar-refractivity contribution in [1.82, 2.24) is 14.3 Å². The standard InChI is InChI=1S/C29H28N4O3S/c1-6-36-28(35)25-19(4)30-29-32(26(25)21-14-12-17(2)13-15-21)27(34)24(37-29)16-23-18(3)31-33(20(23)5)22-10-8-7-9-11-22/h7-16,26H,6H2,1-5H3/b24-16+/t26-/m0/s1. The number of carbonyl (C=O) groups excluding carboxylic acids is 1. The molecule has 1 atom stereocenters. The number of aryl methyl sites for hydroxylation is 2. The molecule has 0 amide bonds. The number of fused-ring (bicyclic) bond motifs is 1. The van der Waals surface area contributed by atoms with Gasteiger partial charge >= 0.3 is 5.97 Å². The Bertz CT molecular complexity index is 1710. The highest BCUT2D eigenvalue weighted by Gasteiger charge is 2.33. The Labute approximate surface area is 218 Å². The molecule has 2 aromatic heterocycles. The third-order valence-corrected chi connectivity index (χ3v) is 7.52. The first-order valence-electron chi connectivity index (χ1n) is 12.2. The van der Waals surface area contributed by atoms with Crippen LogP contribution in [0, 0.1) is 20.8 Å². The second-order valence-corrected chi connectivity index (χ2v) is 10.1. The highest BCUT2D eigenvalue weighted by Crippen LogP contribution is 2.31. The lowest BCUT2D eigenvalue weighted by atomic mass is 9.95. The number of esters is 1. The third-order valence-electron chi connectivity index (χ3n) is 6.53. The summed E-state index contributed by atoms with van der Waals surface area (Å²) in [5.41, 5.74) is 6.28. The smallest absolute Gasteiger partial charge is 0.338 e. The van der Waals surface area contributed by atoms with E-state index in [0.717, 1.165) is 33.8 Å². The minimum Gasteiger partial charge on any atom is -0.463 e. The predicted molar refractivity (Wildman–Crippen MR) is 145 cm³/mol. The van der Waals surface area contributed by atoms with E-state index in [2.05, 4.69) is 4.99 Å². The van der Waals surface area contributed by atoms with Crippen LogP contribution in [0.25, 0.3) is 11.8 Å². The highest BCUT2D eigenvalue weighted by atomic mass is 32.1. The molecule has 0 radical (unpaired) electrons. The lowest BCUT2D eigenvalue weighted by Gasteiger charge is -2.24. The molecule has 0 unspecified atom stereocenters. The molecule has 8 heteroatoms. The van der Waals surface area contributed by atoms with Gasteiger partial charge in [-0.15, -0.1) is 0 Å². The molecule has 2 aromatic carbocycles. The van der Waals surface area contributed by atoms with Crippen molar-refractivity contribution in [2.45, 2.75) is 40.7 Å². The molecule has 5 rings (SSSR count). The summed E-state index contributed by atoms with van der Waals surface area (Å²) >= 11 is 1.32. The minimum atomic E-state index is -0.618. The summed E-state index contributed by atoms with van der Waals surface area (Å²) in [6.07, 6.45) is 1.89. The SMILES string of the molecule is CCOC(=O)C1=C(C)N=c2s/c(=C/c3c(C)nn(-c4ccccc4)c3C)c(=O)n2[C@H]1c1ccc(C)cc1. The Balaban J connectivity index is 1.70. The number of para-hydroxylation sites is 1. The number of ether oxygens (including phenoxy) is 1. The van der Waals surface area contributed by atoms with E-state index in [-0.39, 0.29) is 12.2 Å². The molecule has 0 aliphatic carbocycles. The van der Waals surface area contributed by atoms with Crippen molar-refractivity contribution in [3.05, 3.63) is 114 Å². The van der Waals surface area contributed by atoms with Gasteiger partial charge in [0.05, 0.1) is 39.8 Å². The third kappa shape index (κ3) is 4.38. The van der Waals surface area contributed by atoms with E-state index in [1.807, 2.05) is 86.1 Å². The molecule has 37 heavy (non-hydrogen) atoms. The van der Waals surface area contributed by atoms with Crippen LogP contribution < -0.4 is 14.9 Å². The number of carbonyl (C=O) groups is 1. The summed E-state index contributed by atoms with van der Waals surface area (Å²) in [6.45, 7) is 9.74. The van der Waals surface area contributed by atoms with Crippen LogP contribution in [0.4, 0.5) is 0 Å². The zero-order chi connectivity index (χ0) is 26.3.